The summed E-state index contributed by atoms with van der Waals surface area (Å²) in [6.45, 7) is 4.79. The number of benzene rings is 1. The Morgan fingerprint density at radius 3 is 3.08 bits per heavy atom. The monoisotopic (exact) mass is 241 g/mol. The van der Waals surface area contributed by atoms with Crippen LogP contribution in [0.2, 0.25) is 0 Å². The van der Waals surface area contributed by atoms with Gasteiger partial charge in [0, 0.05) is 0 Å². The fourth-order valence-electron chi connectivity index (χ4n) is 1.26. The van der Waals surface area contributed by atoms with E-state index in [1.807, 2.05) is 6.92 Å². The molecule has 2 nitrogen and oxygen atoms in total. The zero-order valence-electron chi connectivity index (χ0n) is 7.70. The molecule has 0 aliphatic heterocycles. The van der Waals surface area contributed by atoms with Crippen LogP contribution in [0.15, 0.2) is 18.2 Å². The van der Waals surface area contributed by atoms with Crippen LogP contribution < -0.4 is 4.74 Å². The molecule has 2 rings (SSSR count). The van der Waals surface area contributed by atoms with Gasteiger partial charge in [0.05, 0.1) is 0 Å². The van der Waals surface area contributed by atoms with Crippen molar-refractivity contribution < 1.29 is 4.74 Å². The first kappa shape index (κ1) is 8.79. The molecule has 1 aromatic heterocycles. The van der Waals surface area contributed by atoms with Gasteiger partial charge in [0.25, 0.3) is 0 Å². The molecule has 0 aliphatic carbocycles. The normalized spacial score (nSPS) is 10.6. The van der Waals surface area contributed by atoms with E-state index >= 15 is 0 Å². The second-order valence-electron chi connectivity index (χ2n) is 2.92. The Hall–Kier alpha value is -0.791. The Balaban J connectivity index is 2.55. The summed E-state index contributed by atoms with van der Waals surface area (Å²) in [6.07, 6.45) is 0. The molecule has 0 aliphatic rings. The zero-order valence-corrected chi connectivity index (χ0v) is 9.42. The third kappa shape index (κ3) is 1.62. The molecule has 0 fully saturated rings. The van der Waals surface area contributed by atoms with Crippen LogP contribution in [0.3, 0.4) is 0 Å². The number of nitrogens with zero attached hydrogens (tertiary/aromatic N) is 1. The summed E-state index contributed by atoms with van der Waals surface area (Å²) in [7, 11) is 0. The average molecular weight is 240 g/mol. The van der Waals surface area contributed by atoms with E-state index in [4.69, 9.17) is 4.74 Å². The number of hydrogen-bond acceptors (Lipinski definition) is 2. The van der Waals surface area contributed by atoms with Crippen molar-refractivity contribution in [3.05, 3.63) is 23.8 Å². The zero-order chi connectivity index (χ0) is 9.26. The summed E-state index contributed by atoms with van der Waals surface area (Å²) in [4.78, 5) is 0. The molecule has 0 bridgehead atoms. The molecule has 0 amide bonds. The van der Waals surface area contributed by atoms with Crippen LogP contribution in [-0.2, 0) is 0 Å². The fourth-order valence-corrected chi connectivity index (χ4v) is 2.99. The first-order valence-electron chi connectivity index (χ1n) is 4.30. The fraction of sp³-hybridized carbons (Fsp3) is 0.300. The minimum atomic E-state index is 0.228. The van der Waals surface area contributed by atoms with Gasteiger partial charge >= 0.3 is 83.2 Å². The van der Waals surface area contributed by atoms with E-state index in [-0.39, 0.29) is 14.7 Å². The second kappa shape index (κ2) is 3.52. The number of hydrogen-bond donors (Lipinski definition) is 0. The van der Waals surface area contributed by atoms with Gasteiger partial charge in [0.15, 0.2) is 0 Å². The predicted molar refractivity (Wildman–Crippen MR) is 54.6 cm³/mol. The average Bonchev–Trinajstić information content (AvgIpc) is 2.49. The van der Waals surface area contributed by atoms with Gasteiger partial charge in [-0.15, -0.1) is 0 Å². The van der Waals surface area contributed by atoms with Crippen LogP contribution >= 0.6 is 0 Å². The molecule has 2 aromatic rings. The van der Waals surface area contributed by atoms with E-state index in [1.54, 1.807) is 0 Å². The van der Waals surface area contributed by atoms with E-state index in [0.29, 0.717) is 6.61 Å². The Labute approximate surface area is 83.5 Å². The Morgan fingerprint density at radius 1 is 1.46 bits per heavy atom. The van der Waals surface area contributed by atoms with E-state index in [2.05, 4.69) is 29.1 Å². The van der Waals surface area contributed by atoms with Crippen LogP contribution in [0, 0.1) is 6.92 Å². The predicted octanol–water partition coefficient (Wildman–Crippen LogP) is 2.00. The van der Waals surface area contributed by atoms with Crippen LogP contribution in [0.5, 0.6) is 5.88 Å². The van der Waals surface area contributed by atoms with Crippen LogP contribution in [-0.4, -0.2) is 25.3 Å². The molecule has 0 spiro atoms. The SMILES string of the molecule is CCOc1n[se]c2cc(C)ccc12. The maximum absolute atomic E-state index is 5.43. The summed E-state index contributed by atoms with van der Waals surface area (Å²) < 4.78 is 11.2. The molecule has 0 N–H and O–H groups in total. The van der Waals surface area contributed by atoms with Crippen LogP contribution in [0.4, 0.5) is 0 Å². The van der Waals surface area contributed by atoms with Crippen molar-refractivity contribution in [3.8, 4) is 5.88 Å². The van der Waals surface area contributed by atoms with Crippen molar-refractivity contribution in [1.82, 2.24) is 3.98 Å². The molecule has 68 valence electrons. The van der Waals surface area contributed by atoms with Crippen LogP contribution in [0.25, 0.3) is 9.65 Å². The van der Waals surface area contributed by atoms with Crippen molar-refractivity contribution in [3.63, 3.8) is 0 Å². The summed E-state index contributed by atoms with van der Waals surface area (Å²) in [5.41, 5.74) is 1.30. The molecular weight excluding hydrogens is 229 g/mol. The summed E-state index contributed by atoms with van der Waals surface area (Å²) in [5.74, 6) is 0.831. The summed E-state index contributed by atoms with van der Waals surface area (Å²) in [6, 6.07) is 6.41. The molecule has 3 heteroatoms. The van der Waals surface area contributed by atoms with E-state index in [1.165, 1.54) is 15.2 Å². The molecule has 0 atom stereocenters. The van der Waals surface area contributed by atoms with Gasteiger partial charge < -0.3 is 0 Å². The number of rotatable bonds is 2. The van der Waals surface area contributed by atoms with Crippen LogP contribution in [0.1, 0.15) is 12.5 Å². The summed E-state index contributed by atoms with van der Waals surface area (Å²) in [5, 5.41) is 1.19. The van der Waals surface area contributed by atoms with Gasteiger partial charge in [-0.05, 0) is 0 Å². The standard InChI is InChI=1S/C10H11NOSe/c1-3-12-10-8-5-4-7(2)6-9(8)13-11-10/h4-6H,3H2,1-2H3. The molecule has 0 saturated heterocycles. The van der Waals surface area contributed by atoms with Crippen molar-refractivity contribution in [2.75, 3.05) is 6.61 Å². The van der Waals surface area contributed by atoms with Gasteiger partial charge in [0.2, 0.25) is 0 Å². The van der Waals surface area contributed by atoms with E-state index < -0.39 is 0 Å². The third-order valence-electron chi connectivity index (χ3n) is 1.88. The number of aromatic nitrogens is 1. The Morgan fingerprint density at radius 2 is 2.31 bits per heavy atom. The van der Waals surface area contributed by atoms with Gasteiger partial charge in [-0.3, -0.25) is 0 Å². The number of ether oxygens (including phenoxy) is 1. The van der Waals surface area contributed by atoms with E-state index in [0.717, 1.165) is 5.88 Å². The molecule has 0 saturated carbocycles. The molecule has 0 unspecified atom stereocenters. The summed E-state index contributed by atoms with van der Waals surface area (Å²) >= 11 is 0.228. The van der Waals surface area contributed by atoms with Gasteiger partial charge in [-0.2, -0.15) is 0 Å². The first-order chi connectivity index (χ1) is 6.31. The topological polar surface area (TPSA) is 22.1 Å². The van der Waals surface area contributed by atoms with Gasteiger partial charge in [0.1, 0.15) is 0 Å². The quantitative estimate of drug-likeness (QED) is 0.749. The van der Waals surface area contributed by atoms with Gasteiger partial charge in [-0.1, -0.05) is 0 Å². The van der Waals surface area contributed by atoms with Crippen molar-refractivity contribution in [2.45, 2.75) is 13.8 Å². The number of fused-ring (bicyclic) bond motifs is 1. The van der Waals surface area contributed by atoms with Crippen molar-refractivity contribution >= 4 is 24.4 Å². The van der Waals surface area contributed by atoms with Crippen molar-refractivity contribution in [1.29, 1.82) is 0 Å². The molecule has 1 aromatic carbocycles. The number of aryl methyl sites for hydroxylation is 1. The Bertz CT molecular complexity index is 422. The second-order valence-corrected chi connectivity index (χ2v) is 4.61. The molecular formula is C10H11NOSe. The van der Waals surface area contributed by atoms with E-state index in [9.17, 15) is 0 Å². The molecule has 13 heavy (non-hydrogen) atoms. The Kier molecular flexibility index (Phi) is 2.38. The molecule has 1 heterocycles. The van der Waals surface area contributed by atoms with Gasteiger partial charge in [-0.25, -0.2) is 0 Å². The maximum atomic E-state index is 5.43. The molecule has 0 radical (unpaired) electrons. The first-order valence-corrected chi connectivity index (χ1v) is 5.92. The van der Waals surface area contributed by atoms with Crippen molar-refractivity contribution in [2.24, 2.45) is 0 Å². The minimum absolute atomic E-state index is 0.228. The third-order valence-corrected chi connectivity index (χ3v) is 3.54.